The summed E-state index contributed by atoms with van der Waals surface area (Å²) in [5.74, 6) is 0.560. The zero-order chi connectivity index (χ0) is 29.5. The highest BCUT2D eigenvalue weighted by Gasteiger charge is 2.24. The van der Waals surface area contributed by atoms with E-state index in [0.717, 1.165) is 69.7 Å². The lowest BCUT2D eigenvalue weighted by Gasteiger charge is -2.33. The molecule has 11 heteroatoms. The van der Waals surface area contributed by atoms with Gasteiger partial charge in [0.25, 0.3) is 0 Å². The van der Waals surface area contributed by atoms with E-state index in [2.05, 4.69) is 21.7 Å². The number of rotatable bonds is 10. The van der Waals surface area contributed by atoms with Crippen LogP contribution in [0.15, 0.2) is 54.2 Å². The Morgan fingerprint density at radius 1 is 1.05 bits per heavy atom. The van der Waals surface area contributed by atoms with Gasteiger partial charge < -0.3 is 31.1 Å². The van der Waals surface area contributed by atoms with Crippen LogP contribution in [0.4, 0.5) is 0 Å². The fourth-order valence-corrected chi connectivity index (χ4v) is 5.81. The largest absolute Gasteiger partial charge is 0.481 e. The van der Waals surface area contributed by atoms with E-state index in [1.807, 2.05) is 24.3 Å². The molecule has 0 aliphatic carbocycles. The lowest BCUT2D eigenvalue weighted by molar-refractivity contribution is -0.141. The number of benzene rings is 1. The van der Waals surface area contributed by atoms with Crippen LogP contribution in [0.3, 0.4) is 0 Å². The minimum Gasteiger partial charge on any atom is -0.481 e. The molecule has 9 nitrogen and oxygen atoms in total. The van der Waals surface area contributed by atoms with E-state index in [0.29, 0.717) is 39.9 Å². The first kappa shape index (κ1) is 31.0. The molecule has 5 N–H and O–H groups in total. The van der Waals surface area contributed by atoms with Crippen molar-refractivity contribution in [1.29, 1.82) is 0 Å². The maximum absolute atomic E-state index is 11.3. The monoisotopic (exact) mass is 602 g/mol. The van der Waals surface area contributed by atoms with Gasteiger partial charge in [-0.25, -0.2) is 4.98 Å². The van der Waals surface area contributed by atoms with Gasteiger partial charge in [-0.15, -0.1) is 0 Å². The Morgan fingerprint density at radius 2 is 1.71 bits per heavy atom. The van der Waals surface area contributed by atoms with Crippen LogP contribution in [0.2, 0.25) is 10.0 Å². The van der Waals surface area contributed by atoms with Crippen LogP contribution in [-0.2, 0) is 11.3 Å². The highest BCUT2D eigenvalue weighted by Crippen LogP contribution is 2.30. The van der Waals surface area contributed by atoms with Crippen LogP contribution < -0.4 is 16.2 Å². The summed E-state index contributed by atoms with van der Waals surface area (Å²) in [6.07, 6.45) is 6.08. The molecule has 2 aliphatic rings. The zero-order valence-corrected chi connectivity index (χ0v) is 25.2. The normalized spacial score (nSPS) is 18.9. The molecule has 2 fully saturated rings. The molecule has 3 heterocycles. The van der Waals surface area contributed by atoms with Crippen LogP contribution in [0.25, 0.3) is 11.3 Å². The van der Waals surface area contributed by atoms with Crippen molar-refractivity contribution in [3.63, 3.8) is 0 Å². The van der Waals surface area contributed by atoms with Crippen LogP contribution >= 0.6 is 23.2 Å². The van der Waals surface area contributed by atoms with Crippen molar-refractivity contribution in [3.05, 3.63) is 69.8 Å². The third kappa shape index (κ3) is 9.26. The number of carboxylic acids is 1. The number of pyridine rings is 1. The topological polar surface area (TPSA) is 121 Å². The summed E-state index contributed by atoms with van der Waals surface area (Å²) in [7, 11) is 2.10. The number of aromatic nitrogens is 1. The number of nitrogens with two attached hydrogens (primary N) is 2. The Kier molecular flexibility index (Phi) is 10.8. The van der Waals surface area contributed by atoms with Crippen molar-refractivity contribution in [2.75, 3.05) is 46.3 Å². The number of piperidine rings is 1. The van der Waals surface area contributed by atoms with Gasteiger partial charge in [-0.2, -0.15) is 0 Å². The van der Waals surface area contributed by atoms with Gasteiger partial charge in [-0.05, 0) is 81.2 Å². The van der Waals surface area contributed by atoms with Crippen LogP contribution in [0.5, 0.6) is 5.88 Å². The summed E-state index contributed by atoms with van der Waals surface area (Å²) in [6, 6.07) is 9.22. The summed E-state index contributed by atoms with van der Waals surface area (Å²) in [6.45, 7) is 7.90. The van der Waals surface area contributed by atoms with Gasteiger partial charge in [0.15, 0.2) is 5.88 Å². The number of hydrogen-bond acceptors (Lipinski definition) is 8. The van der Waals surface area contributed by atoms with E-state index < -0.39 is 5.97 Å². The van der Waals surface area contributed by atoms with Crippen molar-refractivity contribution in [1.82, 2.24) is 19.7 Å². The van der Waals surface area contributed by atoms with E-state index >= 15 is 0 Å². The summed E-state index contributed by atoms with van der Waals surface area (Å²) in [5.41, 5.74) is 15.0. The van der Waals surface area contributed by atoms with Gasteiger partial charge in [0.05, 0.1) is 17.4 Å². The number of carbonyl (C=O) groups is 1. The molecule has 2 aromatic rings. The predicted octanol–water partition coefficient (Wildman–Crippen LogP) is 4.60. The number of hydrogen-bond donors (Lipinski definition) is 3. The van der Waals surface area contributed by atoms with Crippen molar-refractivity contribution in [3.8, 4) is 17.1 Å². The van der Waals surface area contributed by atoms with E-state index in [1.165, 1.54) is 0 Å². The third-order valence-corrected chi connectivity index (χ3v) is 8.19. The molecule has 0 spiro atoms. The predicted molar refractivity (Wildman–Crippen MR) is 163 cm³/mol. The first-order chi connectivity index (χ1) is 19.5. The van der Waals surface area contributed by atoms with Gasteiger partial charge in [0.2, 0.25) is 5.88 Å². The van der Waals surface area contributed by atoms with Crippen molar-refractivity contribution >= 4 is 29.2 Å². The Hall–Kier alpha value is -2.98. The number of carboxylic acid groups (broad SMARTS) is 1. The van der Waals surface area contributed by atoms with E-state index in [-0.39, 0.29) is 11.8 Å². The highest BCUT2D eigenvalue weighted by atomic mass is 35.5. The number of ether oxygens (including phenoxy) is 1. The maximum atomic E-state index is 11.3. The number of aliphatic carboxylic acids is 1. The van der Waals surface area contributed by atoms with Gasteiger partial charge in [0, 0.05) is 60.5 Å². The van der Waals surface area contributed by atoms with Gasteiger partial charge >= 0.3 is 5.97 Å². The second kappa shape index (κ2) is 14.3. The smallest absolute Gasteiger partial charge is 0.306 e. The standard InChI is InChI=1S/C30H40Cl2N6O3/c1-20(30(39)40)13-21-5-7-37(8-6-21)19-22-14-26(23-16-24(31)18-25(32)17-23)35-29(15-22)41-28(34)4-3-27(33)38-11-9-36(2)10-12-38/h3-4,14-18,20-21H,5-13,19,33-34H2,1-2H3,(H,39,40)/b27-3+,28-4+. The van der Waals surface area contributed by atoms with Crippen LogP contribution in [0, 0.1) is 11.8 Å². The fraction of sp³-hybridized carbons (Fsp3) is 0.467. The first-order valence-corrected chi connectivity index (χ1v) is 14.8. The maximum Gasteiger partial charge on any atom is 0.306 e. The molecule has 1 aromatic carbocycles. The molecule has 4 rings (SSSR count). The summed E-state index contributed by atoms with van der Waals surface area (Å²) in [4.78, 5) is 22.7. The molecule has 1 atom stereocenters. The number of allylic oxidation sites excluding steroid dienone is 2. The van der Waals surface area contributed by atoms with Gasteiger partial charge in [0.1, 0.15) is 0 Å². The lowest BCUT2D eigenvalue weighted by Crippen LogP contribution is -2.45. The lowest BCUT2D eigenvalue weighted by atomic mass is 9.88. The zero-order valence-electron chi connectivity index (χ0n) is 23.7. The third-order valence-electron chi connectivity index (χ3n) is 7.75. The molecular formula is C30H40Cl2N6O3. The Morgan fingerprint density at radius 3 is 2.34 bits per heavy atom. The molecule has 222 valence electrons. The number of likely N-dealkylation sites (tertiary alicyclic amines) is 1. The quantitative estimate of drug-likeness (QED) is 0.264. The average molecular weight is 604 g/mol. The molecule has 0 saturated carbocycles. The molecule has 1 aromatic heterocycles. The molecule has 2 saturated heterocycles. The first-order valence-electron chi connectivity index (χ1n) is 14.0. The molecular weight excluding hydrogens is 563 g/mol. The highest BCUT2D eigenvalue weighted by molar-refractivity contribution is 6.35. The number of piperazine rings is 1. The average Bonchev–Trinajstić information content (AvgIpc) is 2.92. The van der Waals surface area contributed by atoms with E-state index in [4.69, 9.17) is 44.4 Å². The Labute approximate surface area is 252 Å². The van der Waals surface area contributed by atoms with E-state index in [1.54, 1.807) is 25.1 Å². The summed E-state index contributed by atoms with van der Waals surface area (Å²) < 4.78 is 5.97. The minimum atomic E-state index is -0.726. The van der Waals surface area contributed by atoms with Crippen molar-refractivity contribution in [2.45, 2.75) is 32.7 Å². The number of halogens is 2. The molecule has 0 radical (unpaired) electrons. The summed E-state index contributed by atoms with van der Waals surface area (Å²) in [5, 5.41) is 10.3. The van der Waals surface area contributed by atoms with Gasteiger partial charge in [-0.1, -0.05) is 30.1 Å². The van der Waals surface area contributed by atoms with Crippen LogP contribution in [-0.4, -0.2) is 77.1 Å². The molecule has 41 heavy (non-hydrogen) atoms. The second-order valence-electron chi connectivity index (χ2n) is 11.1. The molecule has 1 unspecified atom stereocenters. The van der Waals surface area contributed by atoms with Gasteiger partial charge in [-0.3, -0.25) is 9.69 Å². The second-order valence-corrected chi connectivity index (χ2v) is 12.0. The molecule has 2 aliphatic heterocycles. The van der Waals surface area contributed by atoms with Crippen molar-refractivity contribution in [2.24, 2.45) is 23.3 Å². The Balaban J connectivity index is 1.50. The fourth-order valence-electron chi connectivity index (χ4n) is 5.28. The summed E-state index contributed by atoms with van der Waals surface area (Å²) >= 11 is 12.6. The van der Waals surface area contributed by atoms with E-state index in [9.17, 15) is 9.90 Å². The minimum absolute atomic E-state index is 0.176. The number of nitrogens with zero attached hydrogens (tertiary/aromatic N) is 4. The number of likely N-dealkylation sites (N-methyl/N-ethyl adjacent to an activating group) is 1. The SMILES string of the molecule is CC(CC1CCN(Cc2cc(O/C(N)=C/C=C(\N)N3CCN(C)CC3)nc(-c3cc(Cl)cc(Cl)c3)c2)CC1)C(=O)O. The van der Waals surface area contributed by atoms with Crippen molar-refractivity contribution < 1.29 is 14.6 Å². The molecule has 0 amide bonds. The molecule has 0 bridgehead atoms. The van der Waals surface area contributed by atoms with Crippen LogP contribution in [0.1, 0.15) is 31.7 Å². The Bertz CT molecular complexity index is 1250.